The van der Waals surface area contributed by atoms with Crippen LogP contribution in [0.15, 0.2) is 30.3 Å². The summed E-state index contributed by atoms with van der Waals surface area (Å²) in [5, 5.41) is 20.2. The SMILES string of the molecule is Cc1nnc(CC(C)(O)c2ccccc2)s1. The van der Waals surface area contributed by atoms with E-state index in [2.05, 4.69) is 10.2 Å². The van der Waals surface area contributed by atoms with Crippen molar-refractivity contribution in [3.8, 4) is 0 Å². The molecule has 0 radical (unpaired) electrons. The van der Waals surface area contributed by atoms with Crippen molar-refractivity contribution >= 4 is 11.3 Å². The van der Waals surface area contributed by atoms with Crippen LogP contribution in [0.5, 0.6) is 0 Å². The molecule has 0 aliphatic heterocycles. The van der Waals surface area contributed by atoms with E-state index in [-0.39, 0.29) is 0 Å². The Hall–Kier alpha value is -1.26. The molecule has 0 saturated carbocycles. The lowest BCUT2D eigenvalue weighted by Crippen LogP contribution is -2.24. The number of hydrogen-bond donors (Lipinski definition) is 1. The molecular weight excluding hydrogens is 220 g/mol. The van der Waals surface area contributed by atoms with E-state index in [4.69, 9.17) is 0 Å². The van der Waals surface area contributed by atoms with Gasteiger partial charge in [0.05, 0.1) is 5.60 Å². The average Bonchev–Trinajstić information content (AvgIpc) is 2.64. The maximum Gasteiger partial charge on any atom is 0.120 e. The number of aromatic nitrogens is 2. The Morgan fingerprint density at radius 1 is 1.25 bits per heavy atom. The summed E-state index contributed by atoms with van der Waals surface area (Å²) in [6.07, 6.45) is 0.503. The minimum Gasteiger partial charge on any atom is -0.385 e. The van der Waals surface area contributed by atoms with Crippen molar-refractivity contribution < 1.29 is 5.11 Å². The Kier molecular flexibility index (Phi) is 3.03. The van der Waals surface area contributed by atoms with Crippen LogP contribution < -0.4 is 0 Å². The third-order valence-corrected chi connectivity index (χ3v) is 3.30. The Labute approximate surface area is 98.8 Å². The lowest BCUT2D eigenvalue weighted by atomic mass is 9.93. The molecule has 1 heterocycles. The van der Waals surface area contributed by atoms with Gasteiger partial charge in [-0.1, -0.05) is 30.3 Å². The maximum absolute atomic E-state index is 10.4. The van der Waals surface area contributed by atoms with Crippen molar-refractivity contribution in [3.63, 3.8) is 0 Å². The molecule has 2 aromatic rings. The zero-order valence-corrected chi connectivity index (χ0v) is 10.2. The number of rotatable bonds is 3. The topological polar surface area (TPSA) is 46.0 Å². The Bertz CT molecular complexity index is 465. The number of aryl methyl sites for hydroxylation is 1. The predicted molar refractivity (Wildman–Crippen MR) is 64.4 cm³/mol. The second kappa shape index (κ2) is 4.31. The fourth-order valence-corrected chi connectivity index (χ4v) is 2.46. The van der Waals surface area contributed by atoms with Gasteiger partial charge in [-0.25, -0.2) is 0 Å². The molecule has 1 unspecified atom stereocenters. The van der Waals surface area contributed by atoms with E-state index in [1.54, 1.807) is 6.92 Å². The summed E-state index contributed by atoms with van der Waals surface area (Å²) in [6, 6.07) is 9.64. The minimum atomic E-state index is -0.882. The van der Waals surface area contributed by atoms with Crippen molar-refractivity contribution in [3.05, 3.63) is 45.9 Å². The Balaban J connectivity index is 2.20. The van der Waals surface area contributed by atoms with Gasteiger partial charge in [-0.3, -0.25) is 0 Å². The molecule has 2 rings (SSSR count). The van der Waals surface area contributed by atoms with E-state index in [1.807, 2.05) is 37.3 Å². The van der Waals surface area contributed by atoms with Gasteiger partial charge in [0.1, 0.15) is 10.0 Å². The van der Waals surface area contributed by atoms with Gasteiger partial charge in [-0.2, -0.15) is 0 Å². The highest BCUT2D eigenvalue weighted by molar-refractivity contribution is 7.11. The van der Waals surface area contributed by atoms with Crippen LogP contribution in [0.1, 0.15) is 22.5 Å². The molecule has 1 atom stereocenters. The lowest BCUT2D eigenvalue weighted by Gasteiger charge is -2.22. The van der Waals surface area contributed by atoms with Crippen LogP contribution in [0.2, 0.25) is 0 Å². The molecule has 0 saturated heterocycles. The van der Waals surface area contributed by atoms with E-state index in [1.165, 1.54) is 11.3 Å². The average molecular weight is 234 g/mol. The van der Waals surface area contributed by atoms with E-state index in [0.717, 1.165) is 15.6 Å². The molecule has 16 heavy (non-hydrogen) atoms. The number of aliphatic hydroxyl groups is 1. The summed E-state index contributed by atoms with van der Waals surface area (Å²) < 4.78 is 0. The molecule has 0 aliphatic carbocycles. The molecule has 0 aliphatic rings. The standard InChI is InChI=1S/C12H14N2OS/c1-9-13-14-11(16-9)8-12(2,15)10-6-4-3-5-7-10/h3-7,15H,8H2,1-2H3. The number of nitrogens with zero attached hydrogens (tertiary/aromatic N) is 2. The number of hydrogen-bond acceptors (Lipinski definition) is 4. The van der Waals surface area contributed by atoms with Gasteiger partial charge < -0.3 is 5.11 Å². The van der Waals surface area contributed by atoms with Crippen molar-refractivity contribution in [2.45, 2.75) is 25.9 Å². The monoisotopic (exact) mass is 234 g/mol. The molecule has 0 amide bonds. The van der Waals surface area contributed by atoms with Gasteiger partial charge in [0.25, 0.3) is 0 Å². The summed E-state index contributed by atoms with van der Waals surface area (Å²) in [5.74, 6) is 0. The first-order valence-electron chi connectivity index (χ1n) is 5.15. The minimum absolute atomic E-state index is 0.503. The molecule has 0 fully saturated rings. The van der Waals surface area contributed by atoms with Crippen LogP contribution in [0.4, 0.5) is 0 Å². The zero-order valence-electron chi connectivity index (χ0n) is 9.34. The van der Waals surface area contributed by atoms with Crippen LogP contribution in [0.25, 0.3) is 0 Å². The fourth-order valence-electron chi connectivity index (χ4n) is 1.60. The first-order chi connectivity index (χ1) is 7.58. The largest absolute Gasteiger partial charge is 0.385 e. The van der Waals surface area contributed by atoms with E-state index in [9.17, 15) is 5.11 Å². The predicted octanol–water partition coefficient (Wildman–Crippen LogP) is 2.30. The van der Waals surface area contributed by atoms with Crippen molar-refractivity contribution in [1.82, 2.24) is 10.2 Å². The molecule has 1 aromatic heterocycles. The Morgan fingerprint density at radius 2 is 1.94 bits per heavy atom. The van der Waals surface area contributed by atoms with Gasteiger partial charge in [-0.15, -0.1) is 21.5 Å². The summed E-state index contributed by atoms with van der Waals surface area (Å²) in [7, 11) is 0. The van der Waals surface area contributed by atoms with Crippen LogP contribution in [-0.2, 0) is 12.0 Å². The van der Waals surface area contributed by atoms with E-state index >= 15 is 0 Å². The first-order valence-corrected chi connectivity index (χ1v) is 5.96. The molecule has 1 N–H and O–H groups in total. The fraction of sp³-hybridized carbons (Fsp3) is 0.333. The third kappa shape index (κ3) is 2.46. The van der Waals surface area contributed by atoms with Gasteiger partial charge in [0.15, 0.2) is 0 Å². The molecular formula is C12H14N2OS. The van der Waals surface area contributed by atoms with Crippen LogP contribution >= 0.6 is 11.3 Å². The van der Waals surface area contributed by atoms with Gasteiger partial charge in [0, 0.05) is 6.42 Å². The van der Waals surface area contributed by atoms with Gasteiger partial charge >= 0.3 is 0 Å². The van der Waals surface area contributed by atoms with Crippen LogP contribution in [0, 0.1) is 6.92 Å². The van der Waals surface area contributed by atoms with Gasteiger partial charge in [0.2, 0.25) is 0 Å². The lowest BCUT2D eigenvalue weighted by molar-refractivity contribution is 0.0574. The highest BCUT2D eigenvalue weighted by Gasteiger charge is 2.24. The highest BCUT2D eigenvalue weighted by Crippen LogP contribution is 2.26. The molecule has 0 bridgehead atoms. The molecule has 84 valence electrons. The van der Waals surface area contributed by atoms with Crippen molar-refractivity contribution in [1.29, 1.82) is 0 Å². The third-order valence-electron chi connectivity index (χ3n) is 2.46. The van der Waals surface area contributed by atoms with Crippen LogP contribution in [-0.4, -0.2) is 15.3 Å². The molecule has 0 spiro atoms. The summed E-state index contributed by atoms with van der Waals surface area (Å²) in [6.45, 7) is 3.72. The quantitative estimate of drug-likeness (QED) is 0.886. The molecule has 1 aromatic carbocycles. The second-order valence-electron chi connectivity index (χ2n) is 4.03. The summed E-state index contributed by atoms with van der Waals surface area (Å²) >= 11 is 1.53. The van der Waals surface area contributed by atoms with E-state index < -0.39 is 5.60 Å². The first kappa shape index (κ1) is 11.2. The smallest absolute Gasteiger partial charge is 0.120 e. The summed E-state index contributed by atoms with van der Waals surface area (Å²) in [5.41, 5.74) is 0.0237. The van der Waals surface area contributed by atoms with Crippen LogP contribution in [0.3, 0.4) is 0 Å². The number of benzene rings is 1. The molecule has 3 nitrogen and oxygen atoms in total. The van der Waals surface area contributed by atoms with Crippen molar-refractivity contribution in [2.75, 3.05) is 0 Å². The van der Waals surface area contributed by atoms with E-state index in [0.29, 0.717) is 6.42 Å². The second-order valence-corrected chi connectivity index (χ2v) is 5.30. The normalized spacial score (nSPS) is 14.7. The Morgan fingerprint density at radius 3 is 2.50 bits per heavy atom. The summed E-state index contributed by atoms with van der Waals surface area (Å²) in [4.78, 5) is 0. The highest BCUT2D eigenvalue weighted by atomic mass is 32.1. The maximum atomic E-state index is 10.4. The zero-order chi connectivity index (χ0) is 11.6. The van der Waals surface area contributed by atoms with Gasteiger partial charge in [-0.05, 0) is 19.4 Å². The van der Waals surface area contributed by atoms with Crippen molar-refractivity contribution in [2.24, 2.45) is 0 Å². The molecule has 4 heteroatoms.